The Kier molecular flexibility index (Phi) is 6.45. The van der Waals surface area contributed by atoms with Gasteiger partial charge in [0.05, 0.1) is 6.61 Å². The number of carboxylic acids is 1. The van der Waals surface area contributed by atoms with Crippen LogP contribution in [0.1, 0.15) is 74.7 Å². The van der Waals surface area contributed by atoms with Crippen LogP contribution in [-0.2, 0) is 4.74 Å². The second-order valence-electron chi connectivity index (χ2n) is 6.67. The Morgan fingerprint density at radius 2 is 1.43 bits per heavy atom. The lowest BCUT2D eigenvalue weighted by molar-refractivity contribution is 0.0513. The number of aromatic carboxylic acids is 1. The summed E-state index contributed by atoms with van der Waals surface area (Å²) in [6.45, 7) is 1.95. The normalized spacial score (nSPS) is 14.8. The summed E-state index contributed by atoms with van der Waals surface area (Å²) in [5.74, 6) is -2.57. The van der Waals surface area contributed by atoms with Crippen molar-refractivity contribution >= 4 is 23.8 Å². The Labute approximate surface area is 169 Å². The van der Waals surface area contributed by atoms with Gasteiger partial charge in [0.2, 0.25) is 11.5 Å². The first-order valence-corrected chi connectivity index (χ1v) is 9.33. The smallest absolute Gasteiger partial charge is 0.360 e. The molecule has 3 N–H and O–H groups in total. The standard InChI is InChI=1S/C10H12N2O4.C8H8N2O4/c1-2-15-10(14)7-5-8(16-12-7)9(13)11-6-3-4-6;11-7(9-4-1-2-4)6-3-5(8(12)13)10-14-6/h5-6H,2-4H2,1H3,(H,11,13);3-4H,1-2H2,(H,9,11)(H,12,13). The lowest BCUT2D eigenvalue weighted by Crippen LogP contribution is -2.24. The lowest BCUT2D eigenvalue weighted by atomic mass is 10.3. The molecule has 2 saturated carbocycles. The van der Waals surface area contributed by atoms with E-state index in [0.29, 0.717) is 0 Å². The van der Waals surface area contributed by atoms with Crippen LogP contribution in [0.3, 0.4) is 0 Å². The van der Waals surface area contributed by atoms with Gasteiger partial charge in [0.1, 0.15) is 0 Å². The highest BCUT2D eigenvalue weighted by atomic mass is 16.5. The van der Waals surface area contributed by atoms with Crippen LogP contribution in [0.5, 0.6) is 0 Å². The number of hydrogen-bond donors (Lipinski definition) is 3. The third kappa shape index (κ3) is 5.90. The largest absolute Gasteiger partial charge is 0.476 e. The number of aromatic nitrogens is 2. The molecule has 2 fully saturated rings. The van der Waals surface area contributed by atoms with E-state index in [1.807, 2.05) is 0 Å². The number of carbonyl (C=O) groups is 4. The molecule has 30 heavy (non-hydrogen) atoms. The van der Waals surface area contributed by atoms with Crippen molar-refractivity contribution in [3.05, 3.63) is 35.0 Å². The van der Waals surface area contributed by atoms with Gasteiger partial charge in [0.15, 0.2) is 11.4 Å². The third-order valence-corrected chi connectivity index (χ3v) is 4.00. The molecule has 0 bridgehead atoms. The van der Waals surface area contributed by atoms with Crippen molar-refractivity contribution in [3.63, 3.8) is 0 Å². The summed E-state index contributed by atoms with van der Waals surface area (Å²) in [5.41, 5.74) is -0.242. The van der Waals surface area contributed by atoms with E-state index in [-0.39, 0.29) is 47.5 Å². The first kappa shape index (κ1) is 21.0. The summed E-state index contributed by atoms with van der Waals surface area (Å²) in [7, 11) is 0. The van der Waals surface area contributed by atoms with Gasteiger partial charge in [-0.05, 0) is 32.6 Å². The van der Waals surface area contributed by atoms with Crippen LogP contribution in [0.2, 0.25) is 0 Å². The van der Waals surface area contributed by atoms with Gasteiger partial charge >= 0.3 is 11.9 Å². The van der Waals surface area contributed by atoms with E-state index in [0.717, 1.165) is 31.7 Å². The maximum Gasteiger partial charge on any atom is 0.360 e. The fourth-order valence-electron chi connectivity index (χ4n) is 2.13. The molecule has 0 saturated heterocycles. The van der Waals surface area contributed by atoms with Crippen molar-refractivity contribution < 1.29 is 38.1 Å². The molecule has 160 valence electrons. The number of ether oxygens (including phenoxy) is 1. The van der Waals surface area contributed by atoms with Crippen molar-refractivity contribution in [2.75, 3.05) is 6.61 Å². The van der Waals surface area contributed by atoms with Crippen molar-refractivity contribution in [3.8, 4) is 0 Å². The zero-order valence-electron chi connectivity index (χ0n) is 16.0. The highest BCUT2D eigenvalue weighted by Gasteiger charge is 2.27. The summed E-state index contributed by atoms with van der Waals surface area (Å²) in [5, 5.41) is 20.6. The highest BCUT2D eigenvalue weighted by molar-refractivity contribution is 5.95. The molecule has 2 aromatic rings. The fraction of sp³-hybridized carbons (Fsp3) is 0.444. The number of carboxylic acid groups (broad SMARTS) is 1. The summed E-state index contributed by atoms with van der Waals surface area (Å²) < 4.78 is 14.1. The molecule has 0 aliphatic heterocycles. The predicted molar refractivity (Wildman–Crippen MR) is 96.9 cm³/mol. The van der Waals surface area contributed by atoms with Crippen LogP contribution in [0.15, 0.2) is 21.2 Å². The highest BCUT2D eigenvalue weighted by Crippen LogP contribution is 2.20. The topological polar surface area (TPSA) is 174 Å². The average molecular weight is 420 g/mol. The average Bonchev–Trinajstić information content (AvgIpc) is 3.59. The van der Waals surface area contributed by atoms with Gasteiger partial charge in [0.25, 0.3) is 11.8 Å². The number of amides is 2. The summed E-state index contributed by atoms with van der Waals surface area (Å²) in [4.78, 5) is 44.4. The number of hydrogen-bond acceptors (Lipinski definition) is 9. The van der Waals surface area contributed by atoms with Gasteiger partial charge in [0, 0.05) is 24.2 Å². The Bertz CT molecular complexity index is 942. The monoisotopic (exact) mass is 420 g/mol. The van der Waals surface area contributed by atoms with E-state index in [4.69, 9.17) is 14.4 Å². The molecule has 2 heterocycles. The van der Waals surface area contributed by atoms with Crippen LogP contribution in [0.4, 0.5) is 0 Å². The zero-order chi connectivity index (χ0) is 21.7. The maximum atomic E-state index is 11.5. The Balaban J connectivity index is 0.000000172. The molecule has 0 aromatic carbocycles. The number of rotatable bonds is 7. The molecule has 2 aliphatic carbocycles. The van der Waals surface area contributed by atoms with E-state index in [1.54, 1.807) is 6.92 Å². The molecule has 4 rings (SSSR count). The van der Waals surface area contributed by atoms with Gasteiger partial charge in [-0.1, -0.05) is 10.3 Å². The molecule has 0 atom stereocenters. The van der Waals surface area contributed by atoms with E-state index in [2.05, 4.69) is 25.5 Å². The Morgan fingerprint density at radius 3 is 1.83 bits per heavy atom. The van der Waals surface area contributed by atoms with Crippen LogP contribution in [0, 0.1) is 0 Å². The Hall–Kier alpha value is -3.70. The molecule has 2 aliphatic rings. The van der Waals surface area contributed by atoms with Crippen LogP contribution >= 0.6 is 0 Å². The van der Waals surface area contributed by atoms with E-state index < -0.39 is 17.8 Å². The van der Waals surface area contributed by atoms with Gasteiger partial charge in [-0.3, -0.25) is 9.59 Å². The van der Waals surface area contributed by atoms with Gasteiger partial charge < -0.3 is 29.5 Å². The van der Waals surface area contributed by atoms with Gasteiger partial charge in [-0.2, -0.15) is 0 Å². The fourth-order valence-corrected chi connectivity index (χ4v) is 2.13. The summed E-state index contributed by atoms with van der Waals surface area (Å²) >= 11 is 0. The molecular formula is C18H20N4O8. The third-order valence-electron chi connectivity index (χ3n) is 4.00. The minimum atomic E-state index is -1.21. The first-order valence-electron chi connectivity index (χ1n) is 9.33. The second-order valence-corrected chi connectivity index (χ2v) is 6.67. The number of nitrogens with zero attached hydrogens (tertiary/aromatic N) is 2. The zero-order valence-corrected chi connectivity index (χ0v) is 16.0. The van der Waals surface area contributed by atoms with Crippen LogP contribution < -0.4 is 10.6 Å². The Morgan fingerprint density at radius 1 is 0.967 bits per heavy atom. The van der Waals surface area contributed by atoms with Crippen molar-refractivity contribution in [1.82, 2.24) is 20.9 Å². The molecule has 12 heteroatoms. The SMILES string of the molecule is CCOC(=O)c1cc(C(=O)NC2CC2)on1.O=C(O)c1cc(C(=O)NC2CC2)on1. The summed E-state index contributed by atoms with van der Waals surface area (Å²) in [6.07, 6.45) is 3.91. The number of esters is 1. The first-order chi connectivity index (χ1) is 14.4. The van der Waals surface area contributed by atoms with Crippen LogP contribution in [-0.4, -0.2) is 57.9 Å². The van der Waals surface area contributed by atoms with E-state index in [1.165, 1.54) is 6.07 Å². The van der Waals surface area contributed by atoms with Crippen molar-refractivity contribution in [2.24, 2.45) is 0 Å². The molecule has 0 radical (unpaired) electrons. The quantitative estimate of drug-likeness (QED) is 0.548. The van der Waals surface area contributed by atoms with Gasteiger partial charge in [-0.15, -0.1) is 0 Å². The second kappa shape index (κ2) is 9.20. The maximum absolute atomic E-state index is 11.5. The molecule has 12 nitrogen and oxygen atoms in total. The van der Waals surface area contributed by atoms with E-state index in [9.17, 15) is 19.2 Å². The minimum absolute atomic E-state index is 0.0165. The molecule has 2 aromatic heterocycles. The van der Waals surface area contributed by atoms with Crippen molar-refractivity contribution in [1.29, 1.82) is 0 Å². The molecule has 0 unspecified atom stereocenters. The lowest BCUT2D eigenvalue weighted by Gasteiger charge is -1.96. The predicted octanol–water partition coefficient (Wildman–Crippen LogP) is 1.01. The van der Waals surface area contributed by atoms with Crippen LogP contribution in [0.25, 0.3) is 0 Å². The summed E-state index contributed by atoms with van der Waals surface area (Å²) in [6, 6.07) is 2.85. The van der Waals surface area contributed by atoms with E-state index >= 15 is 0 Å². The van der Waals surface area contributed by atoms with Crippen molar-refractivity contribution in [2.45, 2.75) is 44.7 Å². The van der Waals surface area contributed by atoms with Gasteiger partial charge in [-0.25, -0.2) is 9.59 Å². The minimum Gasteiger partial charge on any atom is -0.476 e. The molecule has 0 spiro atoms. The molecule has 2 amide bonds. The number of nitrogens with one attached hydrogen (secondary N) is 2. The molecular weight excluding hydrogens is 400 g/mol. The number of carbonyl (C=O) groups excluding carboxylic acids is 3.